The van der Waals surface area contributed by atoms with E-state index in [-0.39, 0.29) is 43.9 Å². The van der Waals surface area contributed by atoms with Crippen LogP contribution >= 0.6 is 12.6 Å². The van der Waals surface area contributed by atoms with Crippen LogP contribution in [0.1, 0.15) is 63.5 Å². The predicted octanol–water partition coefficient (Wildman–Crippen LogP) is 2.02. The third-order valence-corrected chi connectivity index (χ3v) is 5.73. The van der Waals surface area contributed by atoms with E-state index in [4.69, 9.17) is 4.74 Å². The Balaban J connectivity index is 1.68. The number of amides is 3. The zero-order chi connectivity index (χ0) is 25.0. The highest BCUT2D eigenvalue weighted by Gasteiger charge is 2.38. The quantitative estimate of drug-likeness (QED) is 0.235. The molecule has 3 N–H and O–H groups in total. The van der Waals surface area contributed by atoms with Gasteiger partial charge in [0.05, 0.1) is 12.3 Å². The SMILES string of the molecule is CC(C)(S)CC(=O)NN=C1CCCc2cc(OCCC(C(=O)O)N3C(=O)CCC3=O)cc(O)c21. The second-order valence-corrected chi connectivity index (χ2v) is 10.3. The lowest BCUT2D eigenvalue weighted by atomic mass is 9.89. The fourth-order valence-electron chi connectivity index (χ4n) is 4.11. The van der Waals surface area contributed by atoms with E-state index in [1.54, 1.807) is 6.07 Å². The summed E-state index contributed by atoms with van der Waals surface area (Å²) in [6, 6.07) is 1.85. The van der Waals surface area contributed by atoms with Crippen molar-refractivity contribution in [2.75, 3.05) is 6.61 Å². The van der Waals surface area contributed by atoms with Gasteiger partial charge in [-0.2, -0.15) is 17.7 Å². The average molecular weight is 492 g/mol. The van der Waals surface area contributed by atoms with Gasteiger partial charge < -0.3 is 14.9 Å². The largest absolute Gasteiger partial charge is 0.507 e. The lowest BCUT2D eigenvalue weighted by Gasteiger charge is -2.23. The van der Waals surface area contributed by atoms with Crippen molar-refractivity contribution in [1.29, 1.82) is 0 Å². The van der Waals surface area contributed by atoms with Crippen molar-refractivity contribution in [3.05, 3.63) is 23.3 Å². The number of carbonyl (C=O) groups is 4. The standard InChI is InChI=1S/C23H29N3O7S/c1-23(2,34)12-18(28)25-24-15-5-3-4-13-10-14(11-17(27)21(13)15)33-9-8-16(22(31)32)26-19(29)6-7-20(26)30/h10-11,16,27,34H,3-9,12H2,1-2H3,(H,25,28)(H,31,32). The molecule has 1 saturated heterocycles. The second kappa shape index (κ2) is 10.5. The minimum absolute atomic E-state index is 0.0128. The monoisotopic (exact) mass is 491 g/mol. The number of phenolic OH excluding ortho intramolecular Hbond substituents is 1. The number of aryl methyl sites for hydroxylation is 1. The number of thiol groups is 1. The summed E-state index contributed by atoms with van der Waals surface area (Å²) in [6.07, 6.45) is 2.16. The van der Waals surface area contributed by atoms with E-state index >= 15 is 0 Å². The van der Waals surface area contributed by atoms with Crippen LogP contribution in [0.2, 0.25) is 0 Å². The zero-order valence-electron chi connectivity index (χ0n) is 19.2. The number of rotatable bonds is 9. The molecule has 3 rings (SSSR count). The molecule has 2 aliphatic rings. The number of aliphatic carboxylic acids is 1. The summed E-state index contributed by atoms with van der Waals surface area (Å²) in [6.45, 7) is 3.58. The van der Waals surface area contributed by atoms with E-state index in [9.17, 15) is 29.4 Å². The molecule has 1 aromatic rings. The maximum absolute atomic E-state index is 12.1. The molecular formula is C23H29N3O7S. The van der Waals surface area contributed by atoms with Crippen LogP contribution in [0.15, 0.2) is 17.2 Å². The fraction of sp³-hybridized carbons (Fsp3) is 0.522. The molecule has 1 unspecified atom stereocenters. The van der Waals surface area contributed by atoms with Crippen molar-refractivity contribution in [2.45, 2.75) is 69.6 Å². The summed E-state index contributed by atoms with van der Waals surface area (Å²) in [5, 5.41) is 24.3. The first-order valence-corrected chi connectivity index (χ1v) is 11.6. The number of hydrogen-bond acceptors (Lipinski definition) is 8. The normalized spacial score (nSPS) is 18.1. The van der Waals surface area contributed by atoms with E-state index in [0.717, 1.165) is 16.9 Å². The molecule has 0 saturated carbocycles. The van der Waals surface area contributed by atoms with Gasteiger partial charge in [0.1, 0.15) is 17.5 Å². The molecule has 0 bridgehead atoms. The molecule has 0 aromatic heterocycles. The van der Waals surface area contributed by atoms with Gasteiger partial charge in [-0.25, -0.2) is 10.2 Å². The van der Waals surface area contributed by atoms with Gasteiger partial charge in [0.2, 0.25) is 17.7 Å². The fourth-order valence-corrected chi connectivity index (χ4v) is 4.25. The Hall–Kier alpha value is -3.08. The number of nitrogens with one attached hydrogen (secondary N) is 1. The van der Waals surface area contributed by atoms with Gasteiger partial charge in [-0.05, 0) is 30.9 Å². The van der Waals surface area contributed by atoms with Gasteiger partial charge in [0.15, 0.2) is 0 Å². The molecule has 1 aromatic carbocycles. The highest BCUT2D eigenvalue weighted by molar-refractivity contribution is 7.81. The second-order valence-electron chi connectivity index (χ2n) is 9.06. The molecule has 1 heterocycles. The summed E-state index contributed by atoms with van der Waals surface area (Å²) in [5.74, 6) is -2.27. The molecule has 34 heavy (non-hydrogen) atoms. The first-order valence-electron chi connectivity index (χ1n) is 11.1. The first-order chi connectivity index (χ1) is 16.0. The number of imide groups is 1. The van der Waals surface area contributed by atoms with Crippen molar-refractivity contribution in [1.82, 2.24) is 10.3 Å². The van der Waals surface area contributed by atoms with Gasteiger partial charge in [-0.1, -0.05) is 13.8 Å². The number of carboxylic acids is 1. The van der Waals surface area contributed by atoms with Gasteiger partial charge >= 0.3 is 5.97 Å². The Kier molecular flexibility index (Phi) is 7.86. The number of nitrogens with zero attached hydrogens (tertiary/aromatic N) is 2. The maximum Gasteiger partial charge on any atom is 0.327 e. The van der Waals surface area contributed by atoms with Crippen LogP contribution in [0, 0.1) is 0 Å². The molecule has 10 nitrogen and oxygen atoms in total. The lowest BCUT2D eigenvalue weighted by molar-refractivity contribution is -0.154. The number of likely N-dealkylation sites (tertiary alicyclic amines) is 1. The number of benzene rings is 1. The van der Waals surface area contributed by atoms with Gasteiger partial charge in [0.25, 0.3) is 0 Å². The van der Waals surface area contributed by atoms with E-state index in [0.29, 0.717) is 29.9 Å². The minimum atomic E-state index is -1.29. The predicted molar refractivity (Wildman–Crippen MR) is 126 cm³/mol. The number of carbonyl (C=O) groups excluding carboxylic acids is 3. The number of carboxylic acid groups (broad SMARTS) is 1. The number of ether oxygens (including phenoxy) is 1. The van der Waals surface area contributed by atoms with Crippen molar-refractivity contribution in [3.63, 3.8) is 0 Å². The smallest absolute Gasteiger partial charge is 0.327 e. The van der Waals surface area contributed by atoms with Crippen LogP contribution in [-0.4, -0.2) is 61.9 Å². The number of aromatic hydroxyl groups is 1. The van der Waals surface area contributed by atoms with Crippen LogP contribution in [0.5, 0.6) is 11.5 Å². The van der Waals surface area contributed by atoms with Crippen molar-refractivity contribution in [3.8, 4) is 11.5 Å². The van der Waals surface area contributed by atoms with Gasteiger partial charge in [-0.3, -0.25) is 19.3 Å². The topological polar surface area (TPSA) is 146 Å². The third-order valence-electron chi connectivity index (χ3n) is 5.58. The van der Waals surface area contributed by atoms with Gasteiger partial charge in [0, 0.05) is 42.1 Å². The number of hydrogen-bond donors (Lipinski definition) is 4. The molecule has 184 valence electrons. The number of phenols is 1. The minimum Gasteiger partial charge on any atom is -0.507 e. The molecule has 11 heteroatoms. The molecular weight excluding hydrogens is 462 g/mol. The molecule has 1 fully saturated rings. The summed E-state index contributed by atoms with van der Waals surface area (Å²) in [7, 11) is 0. The van der Waals surface area contributed by atoms with Gasteiger partial charge in [-0.15, -0.1) is 0 Å². The van der Waals surface area contributed by atoms with Crippen LogP contribution < -0.4 is 10.2 Å². The third kappa shape index (κ3) is 6.28. The van der Waals surface area contributed by atoms with Crippen LogP contribution in [0.3, 0.4) is 0 Å². The van der Waals surface area contributed by atoms with Crippen molar-refractivity contribution in [2.24, 2.45) is 5.10 Å². The summed E-state index contributed by atoms with van der Waals surface area (Å²) >= 11 is 4.34. The van der Waals surface area contributed by atoms with E-state index in [1.165, 1.54) is 6.07 Å². The summed E-state index contributed by atoms with van der Waals surface area (Å²) in [5.41, 5.74) is 4.43. The molecule has 1 aliphatic carbocycles. The van der Waals surface area contributed by atoms with E-state index in [1.807, 2.05) is 13.8 Å². The maximum atomic E-state index is 12.1. The Bertz CT molecular complexity index is 1020. The van der Waals surface area contributed by atoms with Crippen LogP contribution in [0.25, 0.3) is 0 Å². The van der Waals surface area contributed by atoms with Crippen LogP contribution in [-0.2, 0) is 25.6 Å². The molecule has 1 atom stereocenters. The molecule has 3 amide bonds. The molecule has 0 radical (unpaired) electrons. The lowest BCUT2D eigenvalue weighted by Crippen LogP contribution is -2.45. The highest BCUT2D eigenvalue weighted by Crippen LogP contribution is 2.34. The van der Waals surface area contributed by atoms with E-state index < -0.39 is 28.6 Å². The van der Waals surface area contributed by atoms with Crippen LogP contribution in [0.4, 0.5) is 0 Å². The Morgan fingerprint density at radius 2 is 1.88 bits per heavy atom. The Morgan fingerprint density at radius 1 is 1.21 bits per heavy atom. The Morgan fingerprint density at radius 3 is 2.50 bits per heavy atom. The van der Waals surface area contributed by atoms with Crippen molar-refractivity contribution >= 4 is 42.0 Å². The molecule has 0 spiro atoms. The Labute approximate surface area is 202 Å². The van der Waals surface area contributed by atoms with E-state index in [2.05, 4.69) is 23.2 Å². The summed E-state index contributed by atoms with van der Waals surface area (Å²) in [4.78, 5) is 48.2. The van der Waals surface area contributed by atoms with Crippen molar-refractivity contribution < 1.29 is 34.1 Å². The zero-order valence-corrected chi connectivity index (χ0v) is 20.1. The first kappa shape index (κ1) is 25.5. The average Bonchev–Trinajstić information content (AvgIpc) is 3.06. The number of fused-ring (bicyclic) bond motifs is 1. The summed E-state index contributed by atoms with van der Waals surface area (Å²) < 4.78 is 5.19. The highest BCUT2D eigenvalue weighted by atomic mass is 32.1. The molecule has 1 aliphatic heterocycles. The number of hydrazone groups is 1.